The van der Waals surface area contributed by atoms with Crippen LogP contribution in [0.5, 0.6) is 0 Å². The van der Waals surface area contributed by atoms with E-state index in [4.69, 9.17) is 4.42 Å². The average molecular weight is 337 g/mol. The molecule has 0 radical (unpaired) electrons. The summed E-state index contributed by atoms with van der Waals surface area (Å²) < 4.78 is 7.99. The maximum atomic E-state index is 5.98. The van der Waals surface area contributed by atoms with E-state index in [1.165, 1.54) is 19.3 Å². The van der Waals surface area contributed by atoms with Crippen LogP contribution >= 0.6 is 0 Å². The molecule has 1 fully saturated rings. The first-order chi connectivity index (χ1) is 12.3. The van der Waals surface area contributed by atoms with Crippen molar-refractivity contribution < 1.29 is 4.42 Å². The molecule has 0 bridgehead atoms. The van der Waals surface area contributed by atoms with Crippen LogP contribution in [-0.4, -0.2) is 37.5 Å². The zero-order valence-electron chi connectivity index (χ0n) is 14.5. The minimum atomic E-state index is 0.103. The third-order valence-corrected chi connectivity index (χ3v) is 4.95. The molecule has 1 saturated heterocycles. The number of piperidine rings is 1. The molecule has 0 N–H and O–H groups in total. The van der Waals surface area contributed by atoms with Gasteiger partial charge in [-0.1, -0.05) is 24.6 Å². The molecule has 2 aromatic heterocycles. The van der Waals surface area contributed by atoms with Crippen molar-refractivity contribution in [3.05, 3.63) is 54.7 Å². The Hall–Kier alpha value is -2.47. The zero-order chi connectivity index (χ0) is 17.1. The summed E-state index contributed by atoms with van der Waals surface area (Å²) in [5, 5.41) is 12.9. The van der Waals surface area contributed by atoms with Gasteiger partial charge < -0.3 is 4.42 Å². The molecule has 3 heterocycles. The lowest BCUT2D eigenvalue weighted by molar-refractivity contribution is 0.0755. The monoisotopic (exact) mass is 337 g/mol. The SMILES string of the molecule is C[C@H](c1nnc(-c2ccccc2)o1)N1CCCC[C@@H]1Cn1cccn1. The second-order valence-electron chi connectivity index (χ2n) is 6.60. The van der Waals surface area contributed by atoms with E-state index >= 15 is 0 Å². The van der Waals surface area contributed by atoms with E-state index in [1.807, 2.05) is 53.5 Å². The summed E-state index contributed by atoms with van der Waals surface area (Å²) in [5.41, 5.74) is 0.959. The molecule has 1 aliphatic rings. The van der Waals surface area contributed by atoms with E-state index in [0.29, 0.717) is 17.8 Å². The van der Waals surface area contributed by atoms with Crippen molar-refractivity contribution in [1.82, 2.24) is 24.9 Å². The van der Waals surface area contributed by atoms with E-state index in [-0.39, 0.29) is 6.04 Å². The van der Waals surface area contributed by atoms with E-state index in [0.717, 1.165) is 18.7 Å². The van der Waals surface area contributed by atoms with E-state index in [2.05, 4.69) is 27.1 Å². The van der Waals surface area contributed by atoms with Crippen molar-refractivity contribution in [2.24, 2.45) is 0 Å². The molecule has 2 atom stereocenters. The van der Waals surface area contributed by atoms with Gasteiger partial charge in [0.2, 0.25) is 11.8 Å². The third-order valence-electron chi connectivity index (χ3n) is 4.95. The highest BCUT2D eigenvalue weighted by molar-refractivity contribution is 5.51. The third kappa shape index (κ3) is 3.49. The number of hydrogen-bond acceptors (Lipinski definition) is 5. The Morgan fingerprint density at radius 2 is 2.04 bits per heavy atom. The quantitative estimate of drug-likeness (QED) is 0.712. The molecule has 3 aromatic rings. The van der Waals surface area contributed by atoms with Gasteiger partial charge in [-0.3, -0.25) is 9.58 Å². The summed E-state index contributed by atoms with van der Waals surface area (Å²) in [6.07, 6.45) is 7.50. The predicted molar refractivity (Wildman–Crippen MR) is 94.7 cm³/mol. The van der Waals surface area contributed by atoms with E-state index in [9.17, 15) is 0 Å². The molecule has 6 nitrogen and oxygen atoms in total. The number of rotatable bonds is 5. The molecule has 0 amide bonds. The molecule has 1 aliphatic heterocycles. The summed E-state index contributed by atoms with van der Waals surface area (Å²) in [7, 11) is 0. The summed E-state index contributed by atoms with van der Waals surface area (Å²) in [6.45, 7) is 4.11. The second kappa shape index (κ2) is 7.19. The summed E-state index contributed by atoms with van der Waals surface area (Å²) >= 11 is 0. The summed E-state index contributed by atoms with van der Waals surface area (Å²) in [5.74, 6) is 1.27. The van der Waals surface area contributed by atoms with Crippen molar-refractivity contribution in [3.63, 3.8) is 0 Å². The van der Waals surface area contributed by atoms with Gasteiger partial charge in [0.1, 0.15) is 0 Å². The first kappa shape index (κ1) is 16.0. The molecule has 0 aliphatic carbocycles. The fraction of sp³-hybridized carbons (Fsp3) is 0.421. The normalized spacial score (nSPS) is 19.8. The van der Waals surface area contributed by atoms with Gasteiger partial charge in [0, 0.05) is 24.0 Å². The Labute approximate surface area is 147 Å². The van der Waals surface area contributed by atoms with Gasteiger partial charge in [-0.25, -0.2) is 0 Å². The lowest BCUT2D eigenvalue weighted by Crippen LogP contribution is -2.43. The average Bonchev–Trinajstić information content (AvgIpc) is 3.34. The van der Waals surface area contributed by atoms with Crippen LogP contribution < -0.4 is 0 Å². The van der Waals surface area contributed by atoms with Crippen LogP contribution in [0.2, 0.25) is 0 Å². The van der Waals surface area contributed by atoms with E-state index in [1.54, 1.807) is 0 Å². The second-order valence-corrected chi connectivity index (χ2v) is 6.60. The van der Waals surface area contributed by atoms with Crippen LogP contribution in [0.1, 0.15) is 38.1 Å². The Bertz CT molecular complexity index is 783. The van der Waals surface area contributed by atoms with Gasteiger partial charge in [0.25, 0.3) is 0 Å². The van der Waals surface area contributed by atoms with Crippen molar-refractivity contribution >= 4 is 0 Å². The maximum absolute atomic E-state index is 5.98. The maximum Gasteiger partial charge on any atom is 0.247 e. The number of hydrogen-bond donors (Lipinski definition) is 0. The van der Waals surface area contributed by atoms with Crippen LogP contribution in [0, 0.1) is 0 Å². The van der Waals surface area contributed by atoms with Crippen LogP contribution in [0.4, 0.5) is 0 Å². The predicted octanol–water partition coefficient (Wildman–Crippen LogP) is 3.55. The molecular formula is C19H23N5O. The Kier molecular flexibility index (Phi) is 4.61. The molecule has 4 rings (SSSR count). The molecule has 0 saturated carbocycles. The van der Waals surface area contributed by atoms with Gasteiger partial charge in [0.15, 0.2) is 0 Å². The van der Waals surface area contributed by atoms with Crippen LogP contribution in [0.25, 0.3) is 11.5 Å². The minimum Gasteiger partial charge on any atom is -0.419 e. The molecule has 1 aromatic carbocycles. The zero-order valence-corrected chi connectivity index (χ0v) is 14.5. The fourth-order valence-corrected chi connectivity index (χ4v) is 3.60. The van der Waals surface area contributed by atoms with Crippen molar-refractivity contribution in [3.8, 4) is 11.5 Å². The van der Waals surface area contributed by atoms with Gasteiger partial charge in [-0.2, -0.15) is 5.10 Å². The minimum absolute atomic E-state index is 0.103. The van der Waals surface area contributed by atoms with Crippen molar-refractivity contribution in [1.29, 1.82) is 0 Å². The summed E-state index contributed by atoms with van der Waals surface area (Å²) in [6, 6.07) is 12.4. The fourth-order valence-electron chi connectivity index (χ4n) is 3.60. The molecule has 130 valence electrons. The van der Waals surface area contributed by atoms with Gasteiger partial charge >= 0.3 is 0 Å². The molecular weight excluding hydrogens is 314 g/mol. The summed E-state index contributed by atoms with van der Waals surface area (Å²) in [4.78, 5) is 2.48. The molecule has 6 heteroatoms. The lowest BCUT2D eigenvalue weighted by Gasteiger charge is -2.38. The van der Waals surface area contributed by atoms with Crippen LogP contribution in [0.3, 0.4) is 0 Å². The smallest absolute Gasteiger partial charge is 0.247 e. The highest BCUT2D eigenvalue weighted by Gasteiger charge is 2.30. The first-order valence-electron chi connectivity index (χ1n) is 8.93. The van der Waals surface area contributed by atoms with Crippen LogP contribution in [-0.2, 0) is 6.54 Å². The largest absolute Gasteiger partial charge is 0.419 e. The number of benzene rings is 1. The number of aromatic nitrogens is 4. The Morgan fingerprint density at radius 3 is 2.84 bits per heavy atom. The highest BCUT2D eigenvalue weighted by atomic mass is 16.4. The Balaban J connectivity index is 1.52. The van der Waals surface area contributed by atoms with Gasteiger partial charge in [-0.05, 0) is 44.5 Å². The highest BCUT2D eigenvalue weighted by Crippen LogP contribution is 2.30. The Morgan fingerprint density at radius 1 is 1.16 bits per heavy atom. The lowest BCUT2D eigenvalue weighted by atomic mass is 10.00. The number of nitrogens with zero attached hydrogens (tertiary/aromatic N) is 5. The molecule has 0 unspecified atom stereocenters. The molecule has 0 spiro atoms. The van der Waals surface area contributed by atoms with Gasteiger partial charge in [-0.15, -0.1) is 10.2 Å². The van der Waals surface area contributed by atoms with E-state index < -0.39 is 0 Å². The van der Waals surface area contributed by atoms with Crippen molar-refractivity contribution in [2.45, 2.75) is 44.8 Å². The molecule has 25 heavy (non-hydrogen) atoms. The van der Waals surface area contributed by atoms with Gasteiger partial charge in [0.05, 0.1) is 12.6 Å². The number of likely N-dealkylation sites (tertiary alicyclic amines) is 1. The first-order valence-corrected chi connectivity index (χ1v) is 8.93. The van der Waals surface area contributed by atoms with Crippen LogP contribution in [0.15, 0.2) is 53.2 Å². The van der Waals surface area contributed by atoms with Crippen molar-refractivity contribution in [2.75, 3.05) is 6.54 Å². The standard InChI is InChI=1S/C19H23N5O/c1-15(18-21-22-19(25-18)16-8-3-2-4-9-16)24-13-6-5-10-17(24)14-23-12-7-11-20-23/h2-4,7-9,11-12,15,17H,5-6,10,13-14H2,1H3/t15-,17-/m1/s1. The topological polar surface area (TPSA) is 60.0 Å².